The SMILES string of the molecule is C=Cc1ccc(OCCCCCCC2(c3ccccc3)c3ccccc3-c3ccc(-c4ccc(N(c5ccc(-c6ccc7c(c6)C(CCCCCCOc6ccc(C=C)cc6)(c6ccccc6)c6ccccc6-7)cc5)c5ccc(N(c6ccc7c(c6)c6ccccc6n7-c6ccccc6)c6ccc7c(c6)c6ccccc6n7-c6ccccc6)cc5)cc4)cc32)cc1. The Labute approximate surface area is 739 Å². The highest BCUT2D eigenvalue weighted by Gasteiger charge is 2.46. The second-order valence-corrected chi connectivity index (χ2v) is 33.8. The van der Waals surface area contributed by atoms with Gasteiger partial charge in [-0.1, -0.05) is 319 Å². The fourth-order valence-corrected chi connectivity index (χ4v) is 20.6. The lowest BCUT2D eigenvalue weighted by molar-refractivity contribution is 0.303. The van der Waals surface area contributed by atoms with E-state index in [4.69, 9.17) is 9.47 Å². The summed E-state index contributed by atoms with van der Waals surface area (Å²) >= 11 is 0. The third-order valence-electron chi connectivity index (χ3n) is 26.6. The molecule has 17 aromatic carbocycles. The zero-order valence-corrected chi connectivity index (χ0v) is 70.9. The molecule has 0 aliphatic heterocycles. The van der Waals surface area contributed by atoms with E-state index in [2.05, 4.69) is 420 Å². The molecule has 6 nitrogen and oxygen atoms in total. The molecule has 19 aromatic rings. The molecule has 610 valence electrons. The number of hydrogen-bond acceptors (Lipinski definition) is 4. The number of unbranched alkanes of at least 4 members (excludes halogenated alkanes) is 6. The number of anilines is 6. The minimum absolute atomic E-state index is 0.338. The predicted octanol–water partition coefficient (Wildman–Crippen LogP) is 32.1. The number of rotatable bonds is 30. The summed E-state index contributed by atoms with van der Waals surface area (Å²) in [5, 5.41) is 4.76. The van der Waals surface area contributed by atoms with Crippen molar-refractivity contribution in [1.29, 1.82) is 0 Å². The predicted molar refractivity (Wildman–Crippen MR) is 529 cm³/mol. The van der Waals surface area contributed by atoms with Crippen molar-refractivity contribution in [3.05, 3.63) is 470 Å². The van der Waals surface area contributed by atoms with E-state index < -0.39 is 0 Å². The van der Waals surface area contributed by atoms with E-state index in [-0.39, 0.29) is 10.8 Å². The fraction of sp³-hybridized carbons (Fsp3) is 0.117. The van der Waals surface area contributed by atoms with E-state index in [1.165, 1.54) is 99.3 Å². The van der Waals surface area contributed by atoms with Crippen molar-refractivity contribution < 1.29 is 9.47 Å². The summed E-state index contributed by atoms with van der Waals surface area (Å²) < 4.78 is 17.3. The summed E-state index contributed by atoms with van der Waals surface area (Å²) in [6.45, 7) is 9.24. The second-order valence-electron chi connectivity index (χ2n) is 33.8. The molecule has 2 aliphatic rings. The van der Waals surface area contributed by atoms with Crippen LogP contribution >= 0.6 is 0 Å². The summed E-state index contributed by atoms with van der Waals surface area (Å²) in [6.07, 6.45) is 14.3. The van der Waals surface area contributed by atoms with Crippen molar-refractivity contribution in [2.45, 2.75) is 75.0 Å². The van der Waals surface area contributed by atoms with Crippen LogP contribution in [0.5, 0.6) is 11.5 Å². The van der Waals surface area contributed by atoms with Crippen LogP contribution in [-0.2, 0) is 10.8 Å². The van der Waals surface area contributed by atoms with Crippen LogP contribution in [0.4, 0.5) is 34.1 Å². The molecule has 2 heterocycles. The molecule has 0 saturated carbocycles. The van der Waals surface area contributed by atoms with Gasteiger partial charge in [-0.2, -0.15) is 0 Å². The van der Waals surface area contributed by atoms with Crippen LogP contribution in [0.25, 0.3) is 112 Å². The summed E-state index contributed by atoms with van der Waals surface area (Å²) in [5.74, 6) is 1.81. The van der Waals surface area contributed by atoms with Crippen LogP contribution in [0.15, 0.2) is 426 Å². The molecule has 2 unspecified atom stereocenters. The number of ether oxygens (including phenoxy) is 2. The Morgan fingerprint density at radius 3 is 0.968 bits per heavy atom. The van der Waals surface area contributed by atoms with Crippen molar-refractivity contribution in [3.63, 3.8) is 0 Å². The van der Waals surface area contributed by atoms with Crippen LogP contribution < -0.4 is 19.3 Å². The molecule has 0 radical (unpaired) electrons. The van der Waals surface area contributed by atoms with E-state index in [0.717, 1.165) is 154 Å². The normalized spacial score (nSPS) is 14.2. The van der Waals surface area contributed by atoms with Gasteiger partial charge in [-0.25, -0.2) is 0 Å². The molecule has 2 aliphatic carbocycles. The lowest BCUT2D eigenvalue weighted by Gasteiger charge is -2.33. The highest BCUT2D eigenvalue weighted by molar-refractivity contribution is 6.13. The summed E-state index contributed by atoms with van der Waals surface area (Å²) in [7, 11) is 0. The smallest absolute Gasteiger partial charge is 0.119 e. The van der Waals surface area contributed by atoms with Crippen LogP contribution in [0, 0.1) is 0 Å². The van der Waals surface area contributed by atoms with Gasteiger partial charge < -0.3 is 28.4 Å². The van der Waals surface area contributed by atoms with Gasteiger partial charge >= 0.3 is 0 Å². The third-order valence-corrected chi connectivity index (χ3v) is 26.6. The average molecular weight is 1630 g/mol. The fourth-order valence-electron chi connectivity index (χ4n) is 20.6. The number of benzene rings is 17. The van der Waals surface area contributed by atoms with Crippen LogP contribution in [0.2, 0.25) is 0 Å². The lowest BCUT2D eigenvalue weighted by Crippen LogP contribution is -2.27. The van der Waals surface area contributed by atoms with Crippen molar-refractivity contribution >= 4 is 89.9 Å². The van der Waals surface area contributed by atoms with Gasteiger partial charge in [0.15, 0.2) is 0 Å². The first-order valence-electron chi connectivity index (χ1n) is 44.8. The van der Waals surface area contributed by atoms with E-state index in [1.807, 2.05) is 36.4 Å². The van der Waals surface area contributed by atoms with E-state index >= 15 is 0 Å². The first-order valence-corrected chi connectivity index (χ1v) is 44.8. The highest BCUT2D eigenvalue weighted by Crippen LogP contribution is 2.58. The highest BCUT2D eigenvalue weighted by atomic mass is 16.5. The van der Waals surface area contributed by atoms with Crippen molar-refractivity contribution in [1.82, 2.24) is 9.13 Å². The maximum atomic E-state index is 6.23. The van der Waals surface area contributed by atoms with Gasteiger partial charge in [-0.3, -0.25) is 0 Å². The molecular formula is C120H98N4O2. The van der Waals surface area contributed by atoms with Gasteiger partial charge in [0.05, 0.1) is 35.3 Å². The molecule has 0 N–H and O–H groups in total. The topological polar surface area (TPSA) is 34.8 Å². The quantitative estimate of drug-likeness (QED) is 0.0420. The minimum Gasteiger partial charge on any atom is -0.494 e. The van der Waals surface area contributed by atoms with Gasteiger partial charge in [-0.15, -0.1) is 0 Å². The van der Waals surface area contributed by atoms with Gasteiger partial charge in [0, 0.05) is 77.9 Å². The molecule has 2 atom stereocenters. The molecule has 0 bridgehead atoms. The number of nitrogens with zero attached hydrogens (tertiary/aromatic N) is 4. The zero-order valence-electron chi connectivity index (χ0n) is 70.9. The monoisotopic (exact) mass is 1630 g/mol. The van der Waals surface area contributed by atoms with Crippen molar-refractivity contribution in [2.75, 3.05) is 23.0 Å². The maximum absolute atomic E-state index is 6.23. The van der Waals surface area contributed by atoms with E-state index in [0.29, 0.717) is 13.2 Å². The van der Waals surface area contributed by atoms with Crippen LogP contribution in [0.3, 0.4) is 0 Å². The number of hydrogen-bond donors (Lipinski definition) is 0. The zero-order chi connectivity index (χ0) is 84.3. The Morgan fingerprint density at radius 2 is 0.563 bits per heavy atom. The Morgan fingerprint density at radius 1 is 0.246 bits per heavy atom. The standard InChI is InChI=1S/C120H98N4O2/c1-3-85-49-69-101(70-50-85)125-79-31-7-5-29-77-119(91-33-13-9-14-34-91)111-45-25-21-41-103(111)105-73-57-89(81-113(105)119)87-53-59-95(60-54-87)121(96-61-55-88(56-62-96)90-58-74-106-104-42-22-26-46-112(104)120(114(106)82-90,92-35-15-10-16-36-92)78-30-6-8-32-80-126-102-71-51-86(4-2)52-72-102)97-63-65-98(66-64-97)122(99-67-75-117-109(83-99)107-43-23-27-47-115(107)123(117)93-37-17-11-18-38-93)100-68-76-118-110(84-100)108-44-24-28-48-116(108)124(118)94-39-19-12-20-40-94/h3-4,9-28,33-76,81-84H,1-2,5-8,29-32,77-80H2. The molecule has 0 amide bonds. The average Bonchev–Trinajstić information content (AvgIpc) is 1.55. The molecule has 6 heteroatoms. The van der Waals surface area contributed by atoms with Gasteiger partial charge in [0.25, 0.3) is 0 Å². The van der Waals surface area contributed by atoms with Crippen LogP contribution in [0.1, 0.15) is 109 Å². The Hall–Kier alpha value is -15.0. The molecule has 0 saturated heterocycles. The van der Waals surface area contributed by atoms with E-state index in [9.17, 15) is 0 Å². The van der Waals surface area contributed by atoms with Crippen molar-refractivity contribution in [3.8, 4) is 67.4 Å². The van der Waals surface area contributed by atoms with E-state index in [1.54, 1.807) is 0 Å². The van der Waals surface area contributed by atoms with Gasteiger partial charge in [0.2, 0.25) is 0 Å². The second kappa shape index (κ2) is 34.4. The maximum Gasteiger partial charge on any atom is 0.119 e. The molecule has 2 aromatic heterocycles. The lowest BCUT2D eigenvalue weighted by atomic mass is 9.69. The Bertz CT molecular complexity index is 6750. The molecule has 21 rings (SSSR count). The number of para-hydroxylation sites is 4. The Kier molecular flexibility index (Phi) is 21.4. The summed E-state index contributed by atoms with van der Waals surface area (Å²) in [5.41, 5.74) is 32.8. The molecular weight excluding hydrogens is 1530 g/mol. The first kappa shape index (κ1) is 78.3. The largest absolute Gasteiger partial charge is 0.494 e. The summed E-state index contributed by atoms with van der Waals surface area (Å²) in [4.78, 5) is 4.89. The minimum atomic E-state index is -0.338. The van der Waals surface area contributed by atoms with Crippen molar-refractivity contribution in [2.24, 2.45) is 0 Å². The molecule has 0 fully saturated rings. The third kappa shape index (κ3) is 14.4. The summed E-state index contributed by atoms with van der Waals surface area (Å²) in [6, 6.07) is 153. The number of fused-ring (bicyclic) bond motifs is 12. The molecule has 0 spiro atoms. The number of aromatic nitrogens is 2. The van der Waals surface area contributed by atoms with Gasteiger partial charge in [0.1, 0.15) is 11.5 Å². The Balaban J connectivity index is 0.653. The first-order chi connectivity index (χ1) is 62.4. The molecule has 126 heavy (non-hydrogen) atoms. The van der Waals surface area contributed by atoms with Crippen LogP contribution in [-0.4, -0.2) is 22.3 Å². The van der Waals surface area contributed by atoms with Gasteiger partial charge in [-0.05, 0) is 272 Å².